The molecule has 74 valence electrons. The van der Waals surface area contributed by atoms with Crippen LogP contribution in [0.25, 0.3) is 0 Å². The van der Waals surface area contributed by atoms with Crippen LogP contribution in [0.4, 0.5) is 4.39 Å². The third-order valence-electron chi connectivity index (χ3n) is 2.09. The monoisotopic (exact) mass is 305 g/mol. The summed E-state index contributed by atoms with van der Waals surface area (Å²) in [6.45, 7) is 0. The Balaban J connectivity index is 2.20. The van der Waals surface area contributed by atoms with Crippen molar-refractivity contribution in [2.45, 2.75) is 18.9 Å². The Morgan fingerprint density at radius 1 is 1.50 bits per heavy atom. The molecule has 0 saturated heterocycles. The minimum absolute atomic E-state index is 0.142. The van der Waals surface area contributed by atoms with Gasteiger partial charge in [-0.05, 0) is 53.6 Å². The first-order chi connectivity index (χ1) is 6.66. The van der Waals surface area contributed by atoms with E-state index in [9.17, 15) is 9.18 Å². The van der Waals surface area contributed by atoms with Gasteiger partial charge in [0.25, 0.3) is 5.91 Å². The van der Waals surface area contributed by atoms with E-state index >= 15 is 0 Å². The van der Waals surface area contributed by atoms with Crippen LogP contribution in [0.2, 0.25) is 0 Å². The van der Waals surface area contributed by atoms with Crippen molar-refractivity contribution in [2.24, 2.45) is 0 Å². The smallest absolute Gasteiger partial charge is 0.254 e. The van der Waals surface area contributed by atoms with Gasteiger partial charge >= 0.3 is 0 Å². The third-order valence-corrected chi connectivity index (χ3v) is 2.76. The van der Waals surface area contributed by atoms with E-state index < -0.39 is 5.82 Å². The maximum Gasteiger partial charge on any atom is 0.254 e. The van der Waals surface area contributed by atoms with Crippen LogP contribution >= 0.6 is 22.6 Å². The summed E-state index contributed by atoms with van der Waals surface area (Å²) in [5.74, 6) is -0.757. The lowest BCUT2D eigenvalue weighted by Gasteiger charge is -2.04. The molecule has 1 aliphatic carbocycles. The molecule has 1 fully saturated rings. The molecule has 0 unspecified atom stereocenters. The molecule has 2 rings (SSSR count). The summed E-state index contributed by atoms with van der Waals surface area (Å²) >= 11 is 2.06. The predicted molar refractivity (Wildman–Crippen MR) is 59.6 cm³/mol. The standard InChI is InChI=1S/C10H9FINO/c11-9-4-1-6(12)5-8(9)10(14)13-7-2-3-7/h1,4-5,7H,2-3H2,(H,13,14). The number of carbonyl (C=O) groups is 1. The number of halogens is 2. The number of nitrogens with one attached hydrogen (secondary N) is 1. The molecule has 0 heterocycles. The minimum atomic E-state index is -0.455. The summed E-state index contributed by atoms with van der Waals surface area (Å²) < 4.78 is 14.1. The molecule has 1 saturated carbocycles. The summed E-state index contributed by atoms with van der Waals surface area (Å²) in [5, 5.41) is 2.76. The number of benzene rings is 1. The SMILES string of the molecule is O=C(NC1CC1)c1cc(I)ccc1F. The van der Waals surface area contributed by atoms with E-state index in [1.54, 1.807) is 12.1 Å². The number of hydrogen-bond donors (Lipinski definition) is 1. The van der Waals surface area contributed by atoms with E-state index in [-0.39, 0.29) is 17.5 Å². The van der Waals surface area contributed by atoms with Gasteiger partial charge in [-0.25, -0.2) is 4.39 Å². The number of hydrogen-bond acceptors (Lipinski definition) is 1. The van der Waals surface area contributed by atoms with Gasteiger partial charge in [0.15, 0.2) is 0 Å². The average Bonchev–Trinajstić information content (AvgIpc) is 2.93. The summed E-state index contributed by atoms with van der Waals surface area (Å²) in [4.78, 5) is 11.5. The molecule has 1 N–H and O–H groups in total. The van der Waals surface area contributed by atoms with Gasteiger partial charge < -0.3 is 5.32 Å². The fourth-order valence-electron chi connectivity index (χ4n) is 1.16. The van der Waals surface area contributed by atoms with Gasteiger partial charge in [0.2, 0.25) is 0 Å². The second-order valence-electron chi connectivity index (χ2n) is 3.37. The van der Waals surface area contributed by atoms with Crippen LogP contribution in [0.5, 0.6) is 0 Å². The Bertz CT molecular complexity index is 376. The molecule has 0 bridgehead atoms. The Kier molecular flexibility index (Phi) is 2.71. The fraction of sp³-hybridized carbons (Fsp3) is 0.300. The van der Waals surface area contributed by atoms with Gasteiger partial charge in [0.05, 0.1) is 5.56 Å². The molecule has 14 heavy (non-hydrogen) atoms. The zero-order valence-corrected chi connectivity index (χ0v) is 9.55. The molecule has 1 aliphatic rings. The van der Waals surface area contributed by atoms with Crippen LogP contribution in [0, 0.1) is 9.39 Å². The first-order valence-electron chi connectivity index (χ1n) is 4.43. The highest BCUT2D eigenvalue weighted by molar-refractivity contribution is 14.1. The van der Waals surface area contributed by atoms with Gasteiger partial charge in [0, 0.05) is 9.61 Å². The van der Waals surface area contributed by atoms with E-state index in [1.807, 2.05) is 0 Å². The molecule has 1 aromatic rings. The highest BCUT2D eigenvalue weighted by Gasteiger charge is 2.24. The topological polar surface area (TPSA) is 29.1 Å². The van der Waals surface area contributed by atoms with Gasteiger partial charge in [-0.2, -0.15) is 0 Å². The first-order valence-corrected chi connectivity index (χ1v) is 5.50. The largest absolute Gasteiger partial charge is 0.349 e. The van der Waals surface area contributed by atoms with Crippen molar-refractivity contribution in [2.75, 3.05) is 0 Å². The summed E-state index contributed by atoms with van der Waals surface area (Å²) in [7, 11) is 0. The van der Waals surface area contributed by atoms with Gasteiger partial charge in [-0.3, -0.25) is 4.79 Å². The molecule has 0 aliphatic heterocycles. The van der Waals surface area contributed by atoms with Crippen LogP contribution in [0.15, 0.2) is 18.2 Å². The number of rotatable bonds is 2. The van der Waals surface area contributed by atoms with Crippen molar-refractivity contribution in [3.8, 4) is 0 Å². The summed E-state index contributed by atoms with van der Waals surface area (Å²) in [5.41, 5.74) is 0.142. The maximum atomic E-state index is 13.2. The molecule has 0 aromatic heterocycles. The normalized spacial score (nSPS) is 15.3. The molecule has 0 spiro atoms. The molecule has 1 aromatic carbocycles. The molecule has 1 amide bonds. The molecule has 0 atom stereocenters. The Morgan fingerprint density at radius 2 is 2.21 bits per heavy atom. The predicted octanol–water partition coefficient (Wildman–Crippen LogP) is 2.32. The average molecular weight is 305 g/mol. The van der Waals surface area contributed by atoms with Crippen LogP contribution in [-0.2, 0) is 0 Å². The summed E-state index contributed by atoms with van der Waals surface area (Å²) in [6, 6.07) is 4.79. The Labute approximate surface area is 95.0 Å². The Morgan fingerprint density at radius 3 is 2.86 bits per heavy atom. The fourth-order valence-corrected chi connectivity index (χ4v) is 1.65. The van der Waals surface area contributed by atoms with Crippen molar-refractivity contribution in [3.63, 3.8) is 0 Å². The molecule has 0 radical (unpaired) electrons. The second kappa shape index (κ2) is 3.84. The van der Waals surface area contributed by atoms with E-state index in [0.717, 1.165) is 16.4 Å². The maximum absolute atomic E-state index is 13.2. The van der Waals surface area contributed by atoms with E-state index in [2.05, 4.69) is 27.9 Å². The van der Waals surface area contributed by atoms with Gasteiger partial charge in [-0.1, -0.05) is 0 Å². The molecule has 2 nitrogen and oxygen atoms in total. The highest BCUT2D eigenvalue weighted by Crippen LogP contribution is 2.20. The molecule has 4 heteroatoms. The van der Waals surface area contributed by atoms with E-state index in [1.165, 1.54) is 6.07 Å². The van der Waals surface area contributed by atoms with Crippen LogP contribution in [-0.4, -0.2) is 11.9 Å². The molecular weight excluding hydrogens is 296 g/mol. The number of carbonyl (C=O) groups excluding carboxylic acids is 1. The van der Waals surface area contributed by atoms with Crippen molar-refractivity contribution in [1.82, 2.24) is 5.32 Å². The van der Waals surface area contributed by atoms with E-state index in [0.29, 0.717) is 0 Å². The van der Waals surface area contributed by atoms with Crippen molar-refractivity contribution >= 4 is 28.5 Å². The first kappa shape index (κ1) is 9.89. The Hall–Kier alpha value is -0.650. The number of amides is 1. The lowest BCUT2D eigenvalue weighted by Crippen LogP contribution is -2.26. The van der Waals surface area contributed by atoms with Crippen LogP contribution in [0.3, 0.4) is 0 Å². The van der Waals surface area contributed by atoms with Crippen molar-refractivity contribution < 1.29 is 9.18 Å². The van der Waals surface area contributed by atoms with Crippen LogP contribution < -0.4 is 5.32 Å². The lowest BCUT2D eigenvalue weighted by molar-refractivity contribution is 0.0947. The van der Waals surface area contributed by atoms with Gasteiger partial charge in [0.1, 0.15) is 5.82 Å². The lowest BCUT2D eigenvalue weighted by atomic mass is 10.2. The third kappa shape index (κ3) is 2.23. The quantitative estimate of drug-likeness (QED) is 0.835. The van der Waals surface area contributed by atoms with Gasteiger partial charge in [-0.15, -0.1) is 0 Å². The van der Waals surface area contributed by atoms with Crippen molar-refractivity contribution in [1.29, 1.82) is 0 Å². The zero-order chi connectivity index (χ0) is 10.1. The molecular formula is C10H9FINO. The van der Waals surface area contributed by atoms with E-state index in [4.69, 9.17) is 0 Å². The van der Waals surface area contributed by atoms with Crippen molar-refractivity contribution in [3.05, 3.63) is 33.1 Å². The second-order valence-corrected chi connectivity index (χ2v) is 4.62. The highest BCUT2D eigenvalue weighted by atomic mass is 127. The van der Waals surface area contributed by atoms with Crippen LogP contribution in [0.1, 0.15) is 23.2 Å². The summed E-state index contributed by atoms with van der Waals surface area (Å²) in [6.07, 6.45) is 2.02. The zero-order valence-electron chi connectivity index (χ0n) is 7.39. The minimum Gasteiger partial charge on any atom is -0.349 e.